The van der Waals surface area contributed by atoms with Crippen LogP contribution in [0.3, 0.4) is 0 Å². The Kier molecular flexibility index (Phi) is 10.6. The van der Waals surface area contributed by atoms with Gasteiger partial charge >= 0.3 is 11.9 Å². The molecule has 178 valence electrons. The predicted molar refractivity (Wildman–Crippen MR) is 126 cm³/mol. The second-order valence-electron chi connectivity index (χ2n) is 10.6. The highest BCUT2D eigenvalue weighted by Gasteiger charge is 2.52. The monoisotopic (exact) mass is 434 g/mol. The maximum absolute atomic E-state index is 12.3. The van der Waals surface area contributed by atoms with Gasteiger partial charge in [-0.2, -0.15) is 0 Å². The first-order chi connectivity index (χ1) is 14.8. The molecule has 2 rings (SSSR count). The van der Waals surface area contributed by atoms with Crippen molar-refractivity contribution in [2.45, 2.75) is 142 Å². The molecule has 1 saturated carbocycles. The lowest BCUT2D eigenvalue weighted by Crippen LogP contribution is -2.46. The summed E-state index contributed by atoms with van der Waals surface area (Å²) in [6.07, 6.45) is 20.1. The molecule has 1 heterocycles. The lowest BCUT2D eigenvalue weighted by molar-refractivity contribution is -0.160. The molecule has 4 heteroatoms. The number of fused-ring (bicyclic) bond motifs is 1. The van der Waals surface area contributed by atoms with E-state index in [0.29, 0.717) is 12.8 Å². The molecule has 0 unspecified atom stereocenters. The fraction of sp³-hybridized carbons (Fsp3) is 0.852. The first-order valence-corrected chi connectivity index (χ1v) is 12.9. The van der Waals surface area contributed by atoms with Gasteiger partial charge < -0.3 is 9.47 Å². The molecule has 1 aliphatic carbocycles. The molecule has 2 atom stereocenters. The van der Waals surface area contributed by atoms with Crippen LogP contribution in [-0.2, 0) is 19.1 Å². The smallest absolute Gasteiger partial charge is 0.331 e. The minimum atomic E-state index is -0.626. The number of carbonyl (C=O) groups excluding carboxylic acids is 2. The Bertz CT molecular complexity index is 606. The molecule has 0 radical (unpaired) electrons. The van der Waals surface area contributed by atoms with E-state index in [4.69, 9.17) is 9.47 Å². The average molecular weight is 435 g/mol. The molecule has 0 saturated heterocycles. The van der Waals surface area contributed by atoms with E-state index >= 15 is 0 Å². The lowest BCUT2D eigenvalue weighted by atomic mass is 9.65. The van der Waals surface area contributed by atoms with Crippen LogP contribution in [0.25, 0.3) is 0 Å². The molecule has 1 aliphatic heterocycles. The van der Waals surface area contributed by atoms with Crippen molar-refractivity contribution in [2.75, 3.05) is 0 Å². The van der Waals surface area contributed by atoms with Gasteiger partial charge in [0.25, 0.3) is 0 Å². The van der Waals surface area contributed by atoms with Gasteiger partial charge in [0.05, 0.1) is 0 Å². The van der Waals surface area contributed by atoms with Gasteiger partial charge in [-0.1, -0.05) is 97.8 Å². The van der Waals surface area contributed by atoms with E-state index in [0.717, 1.165) is 24.8 Å². The Morgan fingerprint density at radius 2 is 1.42 bits per heavy atom. The van der Waals surface area contributed by atoms with E-state index in [1.807, 2.05) is 6.92 Å². The SMILES string of the molecule is CCCCCCCCCCCCCCCC(=O)O[C@H]1CC(C)(C)C2=CC(=O)O[C@]2(C)C1. The number of hydrogen-bond acceptors (Lipinski definition) is 4. The number of hydrogen-bond donors (Lipinski definition) is 0. The predicted octanol–water partition coefficient (Wildman–Crippen LogP) is 7.44. The minimum Gasteiger partial charge on any atom is -0.462 e. The number of unbranched alkanes of at least 4 members (excludes halogenated alkanes) is 12. The van der Waals surface area contributed by atoms with Crippen molar-refractivity contribution in [1.29, 1.82) is 0 Å². The largest absolute Gasteiger partial charge is 0.462 e. The van der Waals surface area contributed by atoms with E-state index in [1.165, 1.54) is 70.6 Å². The standard InChI is InChI=1S/C27H46O4/c1-5-6-7-8-9-10-11-12-13-14-15-16-17-18-24(28)30-22-20-26(2,3)23-19-25(29)31-27(23,4)21-22/h19,22H,5-18,20-21H2,1-4H3/t22-,27+/m0/s1. The molecule has 0 spiro atoms. The maximum Gasteiger partial charge on any atom is 0.331 e. The van der Waals surface area contributed by atoms with E-state index < -0.39 is 5.60 Å². The molecule has 0 bridgehead atoms. The van der Waals surface area contributed by atoms with Crippen LogP contribution in [-0.4, -0.2) is 23.6 Å². The summed E-state index contributed by atoms with van der Waals surface area (Å²) in [6.45, 7) is 8.41. The Balaban J connectivity index is 1.50. The van der Waals surface area contributed by atoms with E-state index in [2.05, 4.69) is 20.8 Å². The molecular formula is C27H46O4. The van der Waals surface area contributed by atoms with Crippen molar-refractivity contribution in [2.24, 2.45) is 5.41 Å². The molecule has 0 N–H and O–H groups in total. The minimum absolute atomic E-state index is 0.107. The molecule has 0 aromatic rings. The summed E-state index contributed by atoms with van der Waals surface area (Å²) < 4.78 is 11.3. The van der Waals surface area contributed by atoms with Gasteiger partial charge in [0, 0.05) is 18.9 Å². The van der Waals surface area contributed by atoms with Crippen LogP contribution in [0.4, 0.5) is 0 Å². The fourth-order valence-corrected chi connectivity index (χ4v) is 5.44. The van der Waals surface area contributed by atoms with Gasteiger partial charge in [-0.3, -0.25) is 4.79 Å². The second-order valence-corrected chi connectivity index (χ2v) is 10.6. The van der Waals surface area contributed by atoms with Crippen LogP contribution < -0.4 is 0 Å². The third-order valence-corrected chi connectivity index (χ3v) is 7.02. The highest BCUT2D eigenvalue weighted by molar-refractivity contribution is 5.87. The molecular weight excluding hydrogens is 388 g/mol. The molecule has 0 aromatic heterocycles. The summed E-state index contributed by atoms with van der Waals surface area (Å²) in [7, 11) is 0. The van der Waals surface area contributed by atoms with Gasteiger partial charge in [0.15, 0.2) is 0 Å². The first kappa shape index (κ1) is 25.9. The van der Waals surface area contributed by atoms with Crippen LogP contribution >= 0.6 is 0 Å². The van der Waals surface area contributed by atoms with Crippen molar-refractivity contribution in [3.63, 3.8) is 0 Å². The number of ether oxygens (including phenoxy) is 2. The number of esters is 2. The third-order valence-electron chi connectivity index (χ3n) is 7.02. The first-order valence-electron chi connectivity index (χ1n) is 12.9. The lowest BCUT2D eigenvalue weighted by Gasteiger charge is -2.44. The maximum atomic E-state index is 12.3. The summed E-state index contributed by atoms with van der Waals surface area (Å²) in [5, 5.41) is 0. The zero-order chi connectivity index (χ0) is 22.7. The van der Waals surface area contributed by atoms with Crippen LogP contribution in [0.5, 0.6) is 0 Å². The van der Waals surface area contributed by atoms with E-state index in [1.54, 1.807) is 6.08 Å². The zero-order valence-corrected chi connectivity index (χ0v) is 20.6. The van der Waals surface area contributed by atoms with Gasteiger partial charge in [0.2, 0.25) is 0 Å². The second kappa shape index (κ2) is 12.6. The number of carbonyl (C=O) groups is 2. The fourth-order valence-electron chi connectivity index (χ4n) is 5.44. The third kappa shape index (κ3) is 8.61. The normalized spacial score (nSPS) is 24.5. The summed E-state index contributed by atoms with van der Waals surface area (Å²) >= 11 is 0. The topological polar surface area (TPSA) is 52.6 Å². The van der Waals surface area contributed by atoms with Crippen LogP contribution in [0, 0.1) is 5.41 Å². The molecule has 4 nitrogen and oxygen atoms in total. The Morgan fingerprint density at radius 3 is 1.97 bits per heavy atom. The highest BCUT2D eigenvalue weighted by Crippen LogP contribution is 2.50. The summed E-state index contributed by atoms with van der Waals surface area (Å²) in [5.41, 5.74) is 0.215. The molecule has 31 heavy (non-hydrogen) atoms. The van der Waals surface area contributed by atoms with Gasteiger partial charge in [-0.15, -0.1) is 0 Å². The van der Waals surface area contributed by atoms with Crippen molar-refractivity contribution in [3.05, 3.63) is 11.6 Å². The Hall–Kier alpha value is -1.32. The summed E-state index contributed by atoms with van der Waals surface area (Å²) in [4.78, 5) is 24.1. The molecule has 1 fully saturated rings. The number of rotatable bonds is 15. The van der Waals surface area contributed by atoms with Gasteiger partial charge in [-0.05, 0) is 30.8 Å². The summed E-state index contributed by atoms with van der Waals surface area (Å²) in [5.74, 6) is -0.381. The quantitative estimate of drug-likeness (QED) is 0.198. The van der Waals surface area contributed by atoms with E-state index in [-0.39, 0.29) is 23.5 Å². The Labute approximate surface area is 190 Å². The van der Waals surface area contributed by atoms with Gasteiger partial charge in [0.1, 0.15) is 11.7 Å². The van der Waals surface area contributed by atoms with E-state index in [9.17, 15) is 9.59 Å². The Morgan fingerprint density at radius 1 is 0.903 bits per heavy atom. The molecule has 0 aromatic carbocycles. The van der Waals surface area contributed by atoms with Crippen molar-refractivity contribution >= 4 is 11.9 Å². The summed E-state index contributed by atoms with van der Waals surface area (Å²) in [6, 6.07) is 0. The average Bonchev–Trinajstić information content (AvgIpc) is 3.00. The van der Waals surface area contributed by atoms with Crippen LogP contribution in [0.2, 0.25) is 0 Å². The van der Waals surface area contributed by atoms with Crippen molar-refractivity contribution < 1.29 is 19.1 Å². The van der Waals surface area contributed by atoms with Crippen molar-refractivity contribution in [3.8, 4) is 0 Å². The molecule has 2 aliphatic rings. The van der Waals surface area contributed by atoms with Crippen molar-refractivity contribution in [1.82, 2.24) is 0 Å². The van der Waals surface area contributed by atoms with Crippen LogP contribution in [0.1, 0.15) is 130 Å². The van der Waals surface area contributed by atoms with Gasteiger partial charge in [-0.25, -0.2) is 4.79 Å². The zero-order valence-electron chi connectivity index (χ0n) is 20.6. The molecule has 0 amide bonds. The highest BCUT2D eigenvalue weighted by atomic mass is 16.6. The van der Waals surface area contributed by atoms with Crippen LogP contribution in [0.15, 0.2) is 11.6 Å².